The van der Waals surface area contributed by atoms with Crippen molar-refractivity contribution in [3.63, 3.8) is 0 Å². The fourth-order valence-corrected chi connectivity index (χ4v) is 5.26. The molecule has 5 nitrogen and oxygen atoms in total. The molecule has 4 saturated heterocycles. The van der Waals surface area contributed by atoms with E-state index in [1.807, 2.05) is 0 Å². The van der Waals surface area contributed by atoms with Crippen molar-refractivity contribution in [1.82, 2.24) is 0 Å². The molecule has 5 aliphatic rings. The Morgan fingerprint density at radius 1 is 1.19 bits per heavy atom. The van der Waals surface area contributed by atoms with Crippen molar-refractivity contribution in [2.24, 2.45) is 17.8 Å². The van der Waals surface area contributed by atoms with E-state index in [9.17, 15) is 13.2 Å². The zero-order valence-corrected chi connectivity index (χ0v) is 15.2. The third kappa shape index (κ3) is 2.22. The molecule has 0 N–H and O–H groups in total. The molecule has 0 unspecified atom stereocenters. The van der Waals surface area contributed by atoms with Crippen LogP contribution >= 0.6 is 0 Å². The monoisotopic (exact) mass is 378 g/mol. The molecule has 4 heterocycles. The summed E-state index contributed by atoms with van der Waals surface area (Å²) in [5, 5.41) is 0. The number of halogens is 3. The molecule has 26 heavy (non-hydrogen) atoms. The second kappa shape index (κ2) is 5.67. The van der Waals surface area contributed by atoms with Crippen molar-refractivity contribution < 1.29 is 37.2 Å². The zero-order chi connectivity index (χ0) is 19.0. The Labute approximate surface area is 150 Å². The van der Waals surface area contributed by atoms with Gasteiger partial charge in [-0.15, -0.1) is 0 Å². The molecule has 0 aromatic carbocycles. The molecule has 8 heteroatoms. The van der Waals surface area contributed by atoms with Crippen LogP contribution in [0, 0.1) is 17.8 Å². The summed E-state index contributed by atoms with van der Waals surface area (Å²) in [5.41, 5.74) is -1.28. The van der Waals surface area contributed by atoms with Crippen LogP contribution in [-0.4, -0.2) is 36.2 Å². The molecule has 0 radical (unpaired) electrons. The van der Waals surface area contributed by atoms with Gasteiger partial charge in [-0.05, 0) is 50.5 Å². The molecule has 4 aliphatic heterocycles. The van der Waals surface area contributed by atoms with Crippen LogP contribution in [0.25, 0.3) is 0 Å². The molecular formula is C18H25F3O5. The lowest BCUT2D eigenvalue weighted by Gasteiger charge is -2.61. The highest BCUT2D eigenvalue weighted by Gasteiger charge is 2.76. The summed E-state index contributed by atoms with van der Waals surface area (Å²) in [6.45, 7) is 8.88. The second-order valence-corrected chi connectivity index (χ2v) is 8.05. The minimum atomic E-state index is -4.78. The van der Waals surface area contributed by atoms with E-state index in [4.69, 9.17) is 24.0 Å². The molecule has 1 spiro atoms. The maximum atomic E-state index is 14.1. The van der Waals surface area contributed by atoms with E-state index in [0.717, 1.165) is 12.8 Å². The van der Waals surface area contributed by atoms with E-state index in [-0.39, 0.29) is 24.0 Å². The second-order valence-electron chi connectivity index (χ2n) is 8.05. The molecule has 5 fully saturated rings. The normalized spacial score (nSPS) is 51.1. The average Bonchev–Trinajstić information content (AvgIpc) is 2.78. The summed E-state index contributed by atoms with van der Waals surface area (Å²) in [6, 6.07) is 0. The standard InChI is InChI=1S/C18H25F3O5/c1-5-22-17(18(19,20)21)11(3)13-7-6-10(2)12-8-9-15(4)23-14(24-17)16(12,13)26-25-15/h10,12-14H,3,5-9H2,1-2,4H3/t10-,12+,13+,14+,15-,16-,17-/m1/s1. The SMILES string of the molecule is C=C1[C@@H]2CC[C@@H](C)[C@@H]3CC[C@@]4(C)OO[C@@]23[C@@H](O4)O[C@@]1(OCC)C(F)(F)F. The largest absolute Gasteiger partial charge is 0.447 e. The summed E-state index contributed by atoms with van der Waals surface area (Å²) in [5.74, 6) is -4.45. The van der Waals surface area contributed by atoms with E-state index >= 15 is 0 Å². The van der Waals surface area contributed by atoms with Gasteiger partial charge in [-0.25, -0.2) is 9.78 Å². The molecule has 5 rings (SSSR count). The highest BCUT2D eigenvalue weighted by Crippen LogP contribution is 2.63. The van der Waals surface area contributed by atoms with Gasteiger partial charge in [0.2, 0.25) is 5.79 Å². The van der Waals surface area contributed by atoms with Crippen molar-refractivity contribution >= 4 is 0 Å². The summed E-state index contributed by atoms with van der Waals surface area (Å²) in [7, 11) is 0. The van der Waals surface area contributed by atoms with Crippen LogP contribution in [0.4, 0.5) is 13.2 Å². The predicted molar refractivity (Wildman–Crippen MR) is 83.4 cm³/mol. The minimum Gasteiger partial charge on any atom is -0.339 e. The van der Waals surface area contributed by atoms with Crippen LogP contribution in [0.1, 0.15) is 46.5 Å². The number of hydrogen-bond donors (Lipinski definition) is 0. The first-order chi connectivity index (χ1) is 12.1. The Morgan fingerprint density at radius 3 is 2.58 bits per heavy atom. The lowest BCUT2D eigenvalue weighted by Crippen LogP contribution is -2.73. The van der Waals surface area contributed by atoms with E-state index in [1.165, 1.54) is 6.92 Å². The Morgan fingerprint density at radius 2 is 1.92 bits per heavy atom. The lowest BCUT2D eigenvalue weighted by molar-refractivity contribution is -0.582. The van der Waals surface area contributed by atoms with Gasteiger partial charge in [-0.1, -0.05) is 13.5 Å². The quantitative estimate of drug-likeness (QED) is 0.535. The first-order valence-corrected chi connectivity index (χ1v) is 9.22. The summed E-state index contributed by atoms with van der Waals surface area (Å²) in [6.07, 6.45) is -3.49. The van der Waals surface area contributed by atoms with Crippen LogP contribution in [0.3, 0.4) is 0 Å². The van der Waals surface area contributed by atoms with E-state index in [1.54, 1.807) is 6.92 Å². The third-order valence-electron chi connectivity index (χ3n) is 6.56. The van der Waals surface area contributed by atoms with Crippen molar-refractivity contribution in [2.45, 2.75) is 76.1 Å². The topological polar surface area (TPSA) is 46.2 Å². The van der Waals surface area contributed by atoms with Crippen molar-refractivity contribution in [3.05, 3.63) is 12.2 Å². The van der Waals surface area contributed by atoms with Gasteiger partial charge >= 0.3 is 6.18 Å². The van der Waals surface area contributed by atoms with Gasteiger partial charge in [0, 0.05) is 18.9 Å². The van der Waals surface area contributed by atoms with E-state index in [2.05, 4.69) is 13.5 Å². The van der Waals surface area contributed by atoms with Gasteiger partial charge in [-0.3, -0.25) is 0 Å². The number of alkyl halides is 3. The fourth-order valence-electron chi connectivity index (χ4n) is 5.26. The molecular weight excluding hydrogens is 353 g/mol. The van der Waals surface area contributed by atoms with E-state index in [0.29, 0.717) is 12.8 Å². The average molecular weight is 378 g/mol. The molecule has 0 amide bonds. The van der Waals surface area contributed by atoms with Crippen molar-refractivity contribution in [2.75, 3.05) is 6.61 Å². The number of fused-ring (bicyclic) bond motifs is 2. The van der Waals surface area contributed by atoms with Gasteiger partial charge in [0.25, 0.3) is 5.79 Å². The summed E-state index contributed by atoms with van der Waals surface area (Å²) in [4.78, 5) is 11.4. The van der Waals surface area contributed by atoms with Gasteiger partial charge in [0.05, 0.1) is 0 Å². The van der Waals surface area contributed by atoms with Crippen molar-refractivity contribution in [1.29, 1.82) is 0 Å². The third-order valence-corrected chi connectivity index (χ3v) is 6.56. The predicted octanol–water partition coefficient (Wildman–Crippen LogP) is 4.08. The summed E-state index contributed by atoms with van der Waals surface area (Å²) >= 11 is 0. The van der Waals surface area contributed by atoms with Crippen LogP contribution in [0.2, 0.25) is 0 Å². The van der Waals surface area contributed by atoms with Crippen LogP contribution in [0.15, 0.2) is 12.2 Å². The van der Waals surface area contributed by atoms with Crippen LogP contribution in [0.5, 0.6) is 0 Å². The van der Waals surface area contributed by atoms with Gasteiger partial charge in [-0.2, -0.15) is 13.2 Å². The molecule has 1 saturated carbocycles. The highest BCUT2D eigenvalue weighted by molar-refractivity contribution is 5.27. The smallest absolute Gasteiger partial charge is 0.339 e. The Balaban J connectivity index is 1.86. The molecule has 1 aliphatic carbocycles. The molecule has 0 aromatic heterocycles. The highest BCUT2D eigenvalue weighted by atomic mass is 19.4. The first-order valence-electron chi connectivity index (χ1n) is 9.22. The first kappa shape index (κ1) is 18.7. The summed E-state index contributed by atoms with van der Waals surface area (Å²) < 4.78 is 59.0. The number of hydrogen-bond acceptors (Lipinski definition) is 5. The maximum absolute atomic E-state index is 14.1. The molecule has 0 aromatic rings. The fraction of sp³-hybridized carbons (Fsp3) is 0.889. The van der Waals surface area contributed by atoms with E-state index < -0.39 is 35.6 Å². The zero-order valence-electron chi connectivity index (χ0n) is 15.2. The van der Waals surface area contributed by atoms with Crippen LogP contribution < -0.4 is 0 Å². The number of ether oxygens (including phenoxy) is 3. The molecule has 2 bridgehead atoms. The minimum absolute atomic E-state index is 0.0415. The van der Waals surface area contributed by atoms with Crippen LogP contribution in [-0.2, 0) is 24.0 Å². The van der Waals surface area contributed by atoms with Gasteiger partial charge in [0.15, 0.2) is 11.9 Å². The lowest BCUT2D eigenvalue weighted by atomic mass is 9.58. The van der Waals surface area contributed by atoms with Gasteiger partial charge < -0.3 is 14.2 Å². The van der Waals surface area contributed by atoms with Crippen molar-refractivity contribution in [3.8, 4) is 0 Å². The van der Waals surface area contributed by atoms with Gasteiger partial charge in [0.1, 0.15) is 0 Å². The number of rotatable bonds is 2. The molecule has 7 atom stereocenters. The Hall–Kier alpha value is -0.670. The maximum Gasteiger partial charge on any atom is 0.447 e. The molecule has 148 valence electrons. The Bertz CT molecular complexity index is 610. The Kier molecular flexibility index (Phi) is 4.07.